The second kappa shape index (κ2) is 12.6. The summed E-state index contributed by atoms with van der Waals surface area (Å²) in [6, 6.07) is 23.5. The SMILES string of the molecule is COc1cc2cc(C(=O)Nc3cc(NCc4ccccc4)c4ccccc4c3CCOC(C)=O)[nH]c2c(OC)c1OC. The van der Waals surface area contributed by atoms with Gasteiger partial charge in [0, 0.05) is 42.0 Å². The number of carbonyl (C=O) groups is 2. The van der Waals surface area contributed by atoms with E-state index in [0.717, 1.165) is 33.0 Å². The van der Waals surface area contributed by atoms with Gasteiger partial charge in [-0.15, -0.1) is 0 Å². The quantitative estimate of drug-likeness (QED) is 0.160. The van der Waals surface area contributed by atoms with Gasteiger partial charge in [0.05, 0.1) is 33.5 Å². The van der Waals surface area contributed by atoms with Crippen LogP contribution in [-0.2, 0) is 22.5 Å². The van der Waals surface area contributed by atoms with E-state index < -0.39 is 0 Å². The summed E-state index contributed by atoms with van der Waals surface area (Å²) in [5.74, 6) is 0.654. The first kappa shape index (κ1) is 28.4. The lowest BCUT2D eigenvalue weighted by Gasteiger charge is -2.18. The van der Waals surface area contributed by atoms with Crippen LogP contribution in [0, 0.1) is 0 Å². The van der Waals surface area contributed by atoms with E-state index in [1.165, 1.54) is 21.1 Å². The summed E-state index contributed by atoms with van der Waals surface area (Å²) in [5.41, 5.74) is 4.41. The number of nitrogens with one attached hydrogen (secondary N) is 3. The number of methoxy groups -OCH3 is 3. The van der Waals surface area contributed by atoms with Gasteiger partial charge < -0.3 is 34.6 Å². The van der Waals surface area contributed by atoms with Gasteiger partial charge >= 0.3 is 5.97 Å². The van der Waals surface area contributed by atoms with Gasteiger partial charge in [-0.2, -0.15) is 0 Å². The van der Waals surface area contributed by atoms with Gasteiger partial charge in [-0.3, -0.25) is 9.59 Å². The minimum atomic E-state index is -0.357. The molecule has 5 rings (SSSR count). The highest BCUT2D eigenvalue weighted by Gasteiger charge is 2.21. The molecule has 0 aliphatic carbocycles. The molecule has 9 nitrogen and oxygen atoms in total. The van der Waals surface area contributed by atoms with Crippen molar-refractivity contribution in [3.8, 4) is 17.2 Å². The molecule has 0 bridgehead atoms. The van der Waals surface area contributed by atoms with Crippen LogP contribution in [0.15, 0.2) is 72.8 Å². The molecule has 5 aromatic rings. The zero-order valence-corrected chi connectivity index (χ0v) is 24.0. The van der Waals surface area contributed by atoms with Gasteiger partial charge in [-0.25, -0.2) is 0 Å². The third kappa shape index (κ3) is 5.81. The maximum absolute atomic E-state index is 13.7. The van der Waals surface area contributed by atoms with Crippen LogP contribution in [0.3, 0.4) is 0 Å². The fraction of sp³-hybridized carbons (Fsp3) is 0.212. The lowest BCUT2D eigenvalue weighted by atomic mass is 9.98. The van der Waals surface area contributed by atoms with Crippen LogP contribution in [0.5, 0.6) is 17.2 Å². The van der Waals surface area contributed by atoms with Crippen molar-refractivity contribution in [3.63, 3.8) is 0 Å². The molecule has 0 fully saturated rings. The van der Waals surface area contributed by atoms with E-state index in [9.17, 15) is 9.59 Å². The molecule has 42 heavy (non-hydrogen) atoms. The Hall–Kier alpha value is -5.18. The maximum Gasteiger partial charge on any atom is 0.302 e. The number of hydrogen-bond acceptors (Lipinski definition) is 7. The van der Waals surface area contributed by atoms with Crippen molar-refractivity contribution in [2.24, 2.45) is 0 Å². The van der Waals surface area contributed by atoms with Crippen LogP contribution in [0.25, 0.3) is 21.7 Å². The molecule has 0 aliphatic heterocycles. The molecule has 216 valence electrons. The van der Waals surface area contributed by atoms with Crippen LogP contribution < -0.4 is 24.8 Å². The van der Waals surface area contributed by atoms with E-state index in [0.29, 0.717) is 47.1 Å². The molecule has 0 radical (unpaired) electrons. The first-order valence-electron chi connectivity index (χ1n) is 13.5. The Kier molecular flexibility index (Phi) is 8.47. The second-order valence-electron chi connectivity index (χ2n) is 9.67. The van der Waals surface area contributed by atoms with Gasteiger partial charge in [0.2, 0.25) is 5.75 Å². The standard InChI is InChI=1S/C33H33N3O6/c1-20(37)42-15-14-25-23-12-8-9-13-24(23)26(34-19-21-10-6-5-7-11-21)18-27(25)36-33(38)28-16-22-17-29(39-2)31(40-3)32(41-4)30(22)35-28/h5-13,16-18,34-35H,14-15,19H2,1-4H3,(H,36,38). The number of H-pyrrole nitrogens is 1. The Morgan fingerprint density at radius 2 is 1.52 bits per heavy atom. The zero-order valence-electron chi connectivity index (χ0n) is 24.0. The number of fused-ring (bicyclic) bond motifs is 2. The van der Waals surface area contributed by atoms with Crippen LogP contribution >= 0.6 is 0 Å². The maximum atomic E-state index is 13.7. The van der Waals surface area contributed by atoms with E-state index in [1.54, 1.807) is 19.2 Å². The molecule has 0 saturated heterocycles. The summed E-state index contributed by atoms with van der Waals surface area (Å²) in [6.07, 6.45) is 0.420. The zero-order chi connectivity index (χ0) is 29.6. The van der Waals surface area contributed by atoms with Gasteiger partial charge in [0.15, 0.2) is 11.5 Å². The van der Waals surface area contributed by atoms with Crippen molar-refractivity contribution in [1.82, 2.24) is 4.98 Å². The number of benzene rings is 4. The number of carbonyl (C=O) groups excluding carboxylic acids is 2. The lowest BCUT2D eigenvalue weighted by Crippen LogP contribution is -2.15. The minimum absolute atomic E-state index is 0.183. The van der Waals surface area contributed by atoms with E-state index in [4.69, 9.17) is 18.9 Å². The fourth-order valence-electron chi connectivity index (χ4n) is 5.11. The summed E-state index contributed by atoms with van der Waals surface area (Å²) in [4.78, 5) is 28.4. The normalized spacial score (nSPS) is 10.9. The van der Waals surface area contributed by atoms with Crippen LogP contribution in [0.2, 0.25) is 0 Å². The Morgan fingerprint density at radius 1 is 0.810 bits per heavy atom. The number of aromatic nitrogens is 1. The van der Waals surface area contributed by atoms with Crippen molar-refractivity contribution in [3.05, 3.63) is 89.6 Å². The summed E-state index contributed by atoms with van der Waals surface area (Å²) >= 11 is 0. The predicted octanol–water partition coefficient (Wildman–Crippen LogP) is 6.32. The number of rotatable bonds is 11. The predicted molar refractivity (Wildman–Crippen MR) is 164 cm³/mol. The van der Waals surface area contributed by atoms with Gasteiger partial charge in [0.25, 0.3) is 5.91 Å². The first-order valence-corrected chi connectivity index (χ1v) is 13.5. The number of esters is 1. The van der Waals surface area contributed by atoms with E-state index in [2.05, 4.69) is 27.8 Å². The van der Waals surface area contributed by atoms with Crippen LogP contribution in [0.4, 0.5) is 11.4 Å². The highest BCUT2D eigenvalue weighted by Crippen LogP contribution is 2.43. The number of amides is 1. The average molecular weight is 568 g/mol. The van der Waals surface area contributed by atoms with Gasteiger partial charge in [-0.05, 0) is 34.7 Å². The number of hydrogen-bond donors (Lipinski definition) is 3. The first-order chi connectivity index (χ1) is 20.4. The Morgan fingerprint density at radius 3 is 2.21 bits per heavy atom. The van der Waals surface area contributed by atoms with Gasteiger partial charge in [0.1, 0.15) is 5.69 Å². The Balaban J connectivity index is 1.55. The van der Waals surface area contributed by atoms with Crippen molar-refractivity contribution >= 4 is 44.9 Å². The number of aromatic amines is 1. The average Bonchev–Trinajstić information content (AvgIpc) is 3.44. The topological polar surface area (TPSA) is 111 Å². The fourth-order valence-corrected chi connectivity index (χ4v) is 5.11. The smallest absolute Gasteiger partial charge is 0.302 e. The highest BCUT2D eigenvalue weighted by atomic mass is 16.5. The monoisotopic (exact) mass is 567 g/mol. The third-order valence-electron chi connectivity index (χ3n) is 7.05. The third-order valence-corrected chi connectivity index (χ3v) is 7.05. The molecule has 0 saturated carbocycles. The van der Waals surface area contributed by atoms with E-state index in [-0.39, 0.29) is 18.5 Å². The summed E-state index contributed by atoms with van der Waals surface area (Å²) in [7, 11) is 4.61. The Bertz CT molecular complexity index is 1750. The molecular formula is C33H33N3O6. The largest absolute Gasteiger partial charge is 0.493 e. The number of anilines is 2. The molecule has 1 heterocycles. The van der Waals surface area contributed by atoms with Crippen LogP contribution in [-0.4, -0.2) is 44.8 Å². The van der Waals surface area contributed by atoms with E-state index in [1.807, 2.05) is 48.5 Å². The summed E-state index contributed by atoms with van der Waals surface area (Å²) < 4.78 is 21.8. The Labute approximate surface area is 243 Å². The molecule has 0 atom stereocenters. The van der Waals surface area contributed by atoms with Crippen molar-refractivity contribution in [2.75, 3.05) is 38.6 Å². The summed E-state index contributed by atoms with van der Waals surface area (Å²) in [6.45, 7) is 2.17. The molecule has 9 heteroatoms. The van der Waals surface area contributed by atoms with Crippen molar-refractivity contribution in [1.29, 1.82) is 0 Å². The molecule has 1 amide bonds. The molecule has 4 aromatic carbocycles. The van der Waals surface area contributed by atoms with E-state index >= 15 is 0 Å². The minimum Gasteiger partial charge on any atom is -0.493 e. The van der Waals surface area contributed by atoms with Crippen molar-refractivity contribution in [2.45, 2.75) is 19.9 Å². The molecular weight excluding hydrogens is 534 g/mol. The van der Waals surface area contributed by atoms with Crippen LogP contribution in [0.1, 0.15) is 28.5 Å². The van der Waals surface area contributed by atoms with Crippen molar-refractivity contribution < 1.29 is 28.5 Å². The highest BCUT2D eigenvalue weighted by molar-refractivity contribution is 6.10. The molecule has 0 aliphatic rings. The molecule has 3 N–H and O–H groups in total. The molecule has 0 unspecified atom stereocenters. The molecule has 0 spiro atoms. The lowest BCUT2D eigenvalue weighted by molar-refractivity contribution is -0.140. The van der Waals surface area contributed by atoms with Gasteiger partial charge in [-0.1, -0.05) is 54.6 Å². The second-order valence-corrected chi connectivity index (χ2v) is 9.67. The summed E-state index contributed by atoms with van der Waals surface area (Å²) in [5, 5.41) is 9.31. The number of ether oxygens (including phenoxy) is 4. The molecule has 1 aromatic heterocycles.